The molecule has 0 bridgehead atoms. The number of fused-ring (bicyclic) bond motifs is 3. The van der Waals surface area contributed by atoms with Gasteiger partial charge in [0.25, 0.3) is 0 Å². The Morgan fingerprint density at radius 1 is 0.442 bits per heavy atom. The van der Waals surface area contributed by atoms with Crippen LogP contribution in [0.2, 0.25) is 0 Å². The lowest BCUT2D eigenvalue weighted by Gasteiger charge is -2.35. The average molecular weight is 701 g/mol. The molecule has 7 aromatic carbocycles. The topological polar surface area (TPSA) is 13.1 Å². The summed E-state index contributed by atoms with van der Waals surface area (Å²) in [6.07, 6.45) is 8.25. The van der Waals surface area contributed by atoms with Gasteiger partial charge in [-0.3, -0.25) is 0 Å². The van der Waals surface area contributed by atoms with E-state index in [1.165, 1.54) is 41.5 Å². The molecule has 0 fully saturated rings. The average Bonchev–Trinajstić information content (AvgIpc) is 3.58. The summed E-state index contributed by atoms with van der Waals surface area (Å²) < 4.78 is 6.65. The van der Waals surface area contributed by atoms with Gasteiger partial charge >= 0.3 is 0 Å². The first-order chi connectivity index (χ1) is 25.7. The molecule has 1 heterocycles. The van der Waals surface area contributed by atoms with Crippen LogP contribution in [0.1, 0.15) is 6.92 Å². The van der Waals surface area contributed by atoms with E-state index in [1.807, 2.05) is 12.2 Å². The van der Waals surface area contributed by atoms with Gasteiger partial charge in [-0.2, -0.15) is 0 Å². The molecule has 8 aromatic rings. The Hall–Kier alpha value is -6.01. The van der Waals surface area contributed by atoms with Gasteiger partial charge in [0.15, 0.2) is 16.1 Å². The van der Waals surface area contributed by atoms with Crippen LogP contribution in [0.5, 0.6) is 0 Å². The van der Waals surface area contributed by atoms with E-state index in [1.54, 1.807) is 0 Å². The Morgan fingerprint density at radius 3 is 1.25 bits per heavy atom. The van der Waals surface area contributed by atoms with Crippen LogP contribution in [0.15, 0.2) is 229 Å². The zero-order valence-corrected chi connectivity index (χ0v) is 31.3. The smallest absolute Gasteiger partial charge is 0.179 e. The highest BCUT2D eigenvalue weighted by Crippen LogP contribution is 2.30. The van der Waals surface area contributed by atoms with Crippen molar-refractivity contribution >= 4 is 74.4 Å². The van der Waals surface area contributed by atoms with Crippen molar-refractivity contribution in [2.24, 2.45) is 0 Å². The molecule has 0 atom stereocenters. The summed E-state index contributed by atoms with van der Waals surface area (Å²) in [6.45, 7) is 6.22. The molecule has 0 spiro atoms. The second-order valence-electron chi connectivity index (χ2n) is 13.3. The maximum absolute atomic E-state index is 6.65. The van der Waals surface area contributed by atoms with Crippen molar-refractivity contribution in [2.75, 3.05) is 0 Å². The Labute approximate surface area is 308 Å². The van der Waals surface area contributed by atoms with E-state index in [9.17, 15) is 0 Å². The third-order valence-corrected chi connectivity index (χ3v) is 20.3. The number of furan rings is 1. The maximum atomic E-state index is 6.65. The Kier molecular flexibility index (Phi) is 9.13. The van der Waals surface area contributed by atoms with Crippen molar-refractivity contribution in [3.8, 4) is 0 Å². The van der Waals surface area contributed by atoms with E-state index in [0.717, 1.165) is 21.9 Å². The first-order valence-electron chi connectivity index (χ1n) is 17.9. The first kappa shape index (κ1) is 33.2. The largest absolute Gasteiger partial charge is 0.456 e. The number of hydrogen-bond acceptors (Lipinski definition) is 1. The van der Waals surface area contributed by atoms with Crippen LogP contribution in [0.4, 0.5) is 0 Å². The minimum Gasteiger partial charge on any atom is -0.456 e. The van der Waals surface area contributed by atoms with Crippen molar-refractivity contribution in [3.63, 3.8) is 0 Å². The van der Waals surface area contributed by atoms with Crippen LogP contribution in [0.3, 0.4) is 0 Å². The van der Waals surface area contributed by atoms with Crippen molar-refractivity contribution in [1.29, 1.82) is 0 Å². The minimum absolute atomic E-state index is 0.902. The lowest BCUT2D eigenvalue weighted by molar-refractivity contribution is 0.669. The molecule has 52 heavy (non-hydrogen) atoms. The molecule has 0 aliphatic rings. The van der Waals surface area contributed by atoms with E-state index >= 15 is 0 Å². The summed E-state index contributed by atoms with van der Waals surface area (Å²) in [4.78, 5) is 0. The molecule has 0 amide bonds. The molecule has 1 nitrogen and oxygen atoms in total. The third kappa shape index (κ3) is 5.55. The fourth-order valence-electron chi connectivity index (χ4n) is 8.27. The number of allylic oxidation sites excluding steroid dienone is 5. The molecule has 0 saturated carbocycles. The van der Waals surface area contributed by atoms with Gasteiger partial charge in [0, 0.05) is 10.8 Å². The fourth-order valence-corrected chi connectivity index (χ4v) is 17.8. The summed E-state index contributed by atoms with van der Waals surface area (Å²) in [5.41, 5.74) is 1.81. The van der Waals surface area contributed by atoms with Crippen LogP contribution in [0, 0.1) is 0 Å². The normalized spacial score (nSPS) is 12.4. The van der Waals surface area contributed by atoms with Crippen LogP contribution in [-0.4, -0.2) is 16.1 Å². The number of rotatable bonds is 10. The summed E-state index contributed by atoms with van der Waals surface area (Å²) in [7, 11) is -5.45. The van der Waals surface area contributed by atoms with Crippen LogP contribution in [-0.2, 0) is 0 Å². The standard InChI is InChI=1S/C49H40OSi2/c1-3-4-10-21-38(2)51(39-22-11-5-12-23-39,40-24-13-6-14-25-40)44-32-34-48-46(36-44)47-37-45(33-35-49(47)50-48)52(41-26-15-7-16-27-41,42-28-17-8-18-29-42)43-30-19-9-20-31-43/h3-37H,1H2,2H3/b10-4-,38-21+. The monoisotopic (exact) mass is 700 g/mol. The molecule has 0 unspecified atom stereocenters. The molecule has 0 saturated heterocycles. The molecular formula is C49H40OSi2. The summed E-state index contributed by atoms with van der Waals surface area (Å²) in [6, 6.07) is 69.4. The van der Waals surface area contributed by atoms with Gasteiger partial charge in [-0.15, -0.1) is 0 Å². The van der Waals surface area contributed by atoms with Gasteiger partial charge in [-0.1, -0.05) is 212 Å². The highest BCUT2D eigenvalue weighted by Gasteiger charge is 2.43. The van der Waals surface area contributed by atoms with Gasteiger partial charge in [0.2, 0.25) is 0 Å². The number of benzene rings is 7. The molecule has 8 rings (SSSR count). The lowest BCUT2D eigenvalue weighted by atomic mass is 10.1. The SMILES string of the molecule is C=C/C=C\C=C(/C)[Si](c1ccccc1)(c1ccccc1)c1ccc2oc3ccc([Si](c4ccccc4)(c4ccccc4)c4ccccc4)cc3c2c1. The van der Waals surface area contributed by atoms with Gasteiger partial charge in [-0.05, 0) is 55.4 Å². The van der Waals surface area contributed by atoms with Gasteiger partial charge in [0.05, 0.1) is 0 Å². The second-order valence-corrected chi connectivity index (χ2v) is 21.2. The Bertz CT molecular complexity index is 2380. The third-order valence-electron chi connectivity index (χ3n) is 10.6. The summed E-state index contributed by atoms with van der Waals surface area (Å²) in [5.74, 6) is 0. The van der Waals surface area contributed by atoms with E-state index in [4.69, 9.17) is 4.42 Å². The van der Waals surface area contributed by atoms with Crippen molar-refractivity contribution in [3.05, 3.63) is 224 Å². The second kappa shape index (κ2) is 14.3. The molecule has 0 radical (unpaired) electrons. The van der Waals surface area contributed by atoms with Crippen molar-refractivity contribution < 1.29 is 4.42 Å². The van der Waals surface area contributed by atoms with Crippen molar-refractivity contribution in [1.82, 2.24) is 0 Å². The van der Waals surface area contributed by atoms with Crippen molar-refractivity contribution in [2.45, 2.75) is 6.92 Å². The first-order valence-corrected chi connectivity index (χ1v) is 21.9. The van der Waals surface area contributed by atoms with Gasteiger partial charge in [0.1, 0.15) is 11.2 Å². The van der Waals surface area contributed by atoms with Crippen LogP contribution >= 0.6 is 0 Å². The van der Waals surface area contributed by atoms with Gasteiger partial charge < -0.3 is 4.42 Å². The summed E-state index contributed by atoms with van der Waals surface area (Å²) in [5, 5.41) is 13.0. The van der Waals surface area contributed by atoms with E-state index < -0.39 is 16.1 Å². The molecule has 250 valence electrons. The van der Waals surface area contributed by atoms with E-state index in [-0.39, 0.29) is 0 Å². The molecule has 3 heteroatoms. The quantitative estimate of drug-likeness (QED) is 0.0812. The van der Waals surface area contributed by atoms with Gasteiger partial charge in [-0.25, -0.2) is 0 Å². The maximum Gasteiger partial charge on any atom is 0.179 e. The predicted molar refractivity (Wildman–Crippen MR) is 228 cm³/mol. The Morgan fingerprint density at radius 2 is 0.827 bits per heavy atom. The zero-order chi connectivity index (χ0) is 35.4. The lowest BCUT2D eigenvalue weighted by Crippen LogP contribution is -2.74. The minimum atomic E-state index is -2.73. The molecule has 0 aliphatic heterocycles. The Balaban J connectivity index is 1.44. The highest BCUT2D eigenvalue weighted by molar-refractivity contribution is 7.20. The van der Waals surface area contributed by atoms with E-state index in [2.05, 4.69) is 214 Å². The van der Waals surface area contributed by atoms with Crippen LogP contribution < -0.4 is 36.3 Å². The van der Waals surface area contributed by atoms with Crippen LogP contribution in [0.25, 0.3) is 21.9 Å². The van der Waals surface area contributed by atoms with E-state index in [0.29, 0.717) is 0 Å². The highest BCUT2D eigenvalue weighted by atomic mass is 28.3. The zero-order valence-electron chi connectivity index (χ0n) is 29.3. The molecule has 0 N–H and O–H groups in total. The summed E-state index contributed by atoms with van der Waals surface area (Å²) >= 11 is 0. The fraction of sp³-hybridized carbons (Fsp3) is 0.0204. The molecule has 0 aliphatic carbocycles. The number of hydrogen-bond donors (Lipinski definition) is 0. The molecule has 1 aromatic heterocycles. The predicted octanol–water partition coefficient (Wildman–Crippen LogP) is 7.66. The molecular weight excluding hydrogens is 661 g/mol.